The third kappa shape index (κ3) is 3.92. The lowest BCUT2D eigenvalue weighted by atomic mass is 10.2. The summed E-state index contributed by atoms with van der Waals surface area (Å²) in [5, 5.41) is 5.00. The smallest absolute Gasteiger partial charge is 0.291 e. The maximum Gasteiger partial charge on any atom is 0.291 e. The van der Waals surface area contributed by atoms with Gasteiger partial charge in [-0.05, 0) is 55.0 Å². The molecule has 0 radical (unpaired) electrons. The minimum Gasteiger partial charge on any atom is -0.494 e. The molecule has 0 saturated carbocycles. The number of aromatic nitrogens is 3. The Morgan fingerprint density at radius 1 is 1.12 bits per heavy atom. The van der Waals surface area contributed by atoms with E-state index in [1.54, 1.807) is 6.08 Å². The number of hydrogen-bond donors (Lipinski definition) is 0. The van der Waals surface area contributed by atoms with Gasteiger partial charge in [-0.1, -0.05) is 42.0 Å². The van der Waals surface area contributed by atoms with Crippen LogP contribution in [0.5, 0.6) is 5.75 Å². The molecular formula is C24H18ClN3O3S. The normalized spacial score (nSPS) is 12.0. The van der Waals surface area contributed by atoms with E-state index in [9.17, 15) is 4.79 Å². The SMILES string of the molecule is CCCOc1ccc(-c2nc3s/c(=C\c4ccc(-c5ccccc5Cl)o4)c(=O)n3n2)cc1. The van der Waals surface area contributed by atoms with Crippen molar-refractivity contribution < 1.29 is 9.15 Å². The first-order valence-corrected chi connectivity index (χ1v) is 11.3. The maximum absolute atomic E-state index is 12.8. The van der Waals surface area contributed by atoms with Crippen LogP contribution in [-0.2, 0) is 0 Å². The Morgan fingerprint density at radius 2 is 1.94 bits per heavy atom. The monoisotopic (exact) mass is 463 g/mol. The van der Waals surface area contributed by atoms with Crippen molar-refractivity contribution >= 4 is 34.0 Å². The Kier molecular flexibility index (Phi) is 5.51. The molecule has 2 aromatic carbocycles. The summed E-state index contributed by atoms with van der Waals surface area (Å²) in [5.41, 5.74) is 1.39. The van der Waals surface area contributed by atoms with Crippen LogP contribution in [0.4, 0.5) is 0 Å². The Hall–Kier alpha value is -3.42. The van der Waals surface area contributed by atoms with Crippen LogP contribution in [0.3, 0.4) is 0 Å². The van der Waals surface area contributed by atoms with E-state index in [0.29, 0.717) is 38.5 Å². The molecule has 0 spiro atoms. The molecule has 6 nitrogen and oxygen atoms in total. The first-order chi connectivity index (χ1) is 15.6. The number of hydrogen-bond acceptors (Lipinski definition) is 6. The summed E-state index contributed by atoms with van der Waals surface area (Å²) in [6, 6.07) is 18.6. The molecule has 8 heteroatoms. The molecule has 0 amide bonds. The zero-order valence-electron chi connectivity index (χ0n) is 17.1. The highest BCUT2D eigenvalue weighted by molar-refractivity contribution is 7.15. The van der Waals surface area contributed by atoms with Crippen molar-refractivity contribution in [3.8, 4) is 28.5 Å². The van der Waals surface area contributed by atoms with Gasteiger partial charge >= 0.3 is 0 Å². The Morgan fingerprint density at radius 3 is 2.69 bits per heavy atom. The van der Waals surface area contributed by atoms with Gasteiger partial charge in [0.2, 0.25) is 4.96 Å². The summed E-state index contributed by atoms with van der Waals surface area (Å²) in [5.74, 6) is 2.50. The van der Waals surface area contributed by atoms with Crippen LogP contribution in [0.2, 0.25) is 5.02 Å². The molecule has 0 atom stereocenters. The molecule has 32 heavy (non-hydrogen) atoms. The zero-order valence-corrected chi connectivity index (χ0v) is 18.7. The number of fused-ring (bicyclic) bond motifs is 1. The number of nitrogens with zero attached hydrogens (tertiary/aromatic N) is 3. The summed E-state index contributed by atoms with van der Waals surface area (Å²) in [6.45, 7) is 2.73. The molecule has 0 unspecified atom stereocenters. The number of ether oxygens (including phenoxy) is 1. The average Bonchev–Trinajstić information content (AvgIpc) is 3.51. The first-order valence-electron chi connectivity index (χ1n) is 10.1. The van der Waals surface area contributed by atoms with Gasteiger partial charge in [0.25, 0.3) is 5.56 Å². The number of thiazole rings is 1. The second kappa shape index (κ2) is 8.61. The van der Waals surface area contributed by atoms with Crippen molar-refractivity contribution in [3.63, 3.8) is 0 Å². The quantitative estimate of drug-likeness (QED) is 0.351. The molecule has 0 saturated heterocycles. The van der Waals surface area contributed by atoms with E-state index in [1.807, 2.05) is 60.7 Å². The predicted molar refractivity (Wildman–Crippen MR) is 126 cm³/mol. The summed E-state index contributed by atoms with van der Waals surface area (Å²) in [4.78, 5) is 17.9. The molecule has 0 aliphatic carbocycles. The van der Waals surface area contributed by atoms with Crippen molar-refractivity contribution in [1.29, 1.82) is 0 Å². The van der Waals surface area contributed by atoms with Crippen LogP contribution in [0.25, 0.3) is 33.7 Å². The maximum atomic E-state index is 12.8. The molecule has 3 heterocycles. The van der Waals surface area contributed by atoms with E-state index in [2.05, 4.69) is 17.0 Å². The predicted octanol–water partition coefficient (Wildman–Crippen LogP) is 5.07. The Balaban J connectivity index is 1.44. The van der Waals surface area contributed by atoms with Crippen molar-refractivity contribution in [3.05, 3.63) is 86.3 Å². The zero-order chi connectivity index (χ0) is 22.1. The minimum absolute atomic E-state index is 0.234. The van der Waals surface area contributed by atoms with Crippen molar-refractivity contribution in [2.75, 3.05) is 6.61 Å². The van der Waals surface area contributed by atoms with Crippen LogP contribution in [0.1, 0.15) is 19.1 Å². The van der Waals surface area contributed by atoms with Gasteiger partial charge in [0.15, 0.2) is 5.82 Å². The van der Waals surface area contributed by atoms with E-state index in [1.165, 1.54) is 15.9 Å². The first kappa shape index (κ1) is 20.5. The number of rotatable bonds is 6. The van der Waals surface area contributed by atoms with E-state index >= 15 is 0 Å². The summed E-state index contributed by atoms with van der Waals surface area (Å²) < 4.78 is 13.3. The fourth-order valence-corrected chi connectivity index (χ4v) is 4.36. The molecular weight excluding hydrogens is 446 g/mol. The Bertz CT molecular complexity index is 1500. The highest BCUT2D eigenvalue weighted by Gasteiger charge is 2.13. The fraction of sp³-hybridized carbons (Fsp3) is 0.125. The number of furan rings is 1. The summed E-state index contributed by atoms with van der Waals surface area (Å²) in [7, 11) is 0. The lowest BCUT2D eigenvalue weighted by molar-refractivity contribution is 0.317. The van der Waals surface area contributed by atoms with Crippen LogP contribution in [0.15, 0.2) is 69.9 Å². The lowest BCUT2D eigenvalue weighted by Crippen LogP contribution is -2.23. The van der Waals surface area contributed by atoms with Gasteiger partial charge in [-0.15, -0.1) is 5.10 Å². The molecule has 0 aliphatic rings. The molecule has 0 aliphatic heterocycles. The fourth-order valence-electron chi connectivity index (χ4n) is 3.24. The second-order valence-electron chi connectivity index (χ2n) is 7.10. The van der Waals surface area contributed by atoms with E-state index < -0.39 is 0 Å². The van der Waals surface area contributed by atoms with Crippen molar-refractivity contribution in [2.24, 2.45) is 0 Å². The summed E-state index contributed by atoms with van der Waals surface area (Å²) in [6.07, 6.45) is 2.65. The molecule has 3 aromatic heterocycles. The van der Waals surface area contributed by atoms with E-state index in [0.717, 1.165) is 23.3 Å². The molecule has 0 bridgehead atoms. The van der Waals surface area contributed by atoms with Gasteiger partial charge in [-0.25, -0.2) is 0 Å². The molecule has 0 fully saturated rings. The highest BCUT2D eigenvalue weighted by Crippen LogP contribution is 2.29. The number of halogens is 1. The molecule has 5 rings (SSSR count). The van der Waals surface area contributed by atoms with Gasteiger partial charge in [-0.3, -0.25) is 4.79 Å². The van der Waals surface area contributed by atoms with Gasteiger partial charge in [0.05, 0.1) is 11.6 Å². The topological polar surface area (TPSA) is 69.6 Å². The largest absolute Gasteiger partial charge is 0.494 e. The lowest BCUT2D eigenvalue weighted by Gasteiger charge is -2.04. The Labute approximate surface area is 192 Å². The average molecular weight is 464 g/mol. The van der Waals surface area contributed by atoms with Crippen LogP contribution in [0, 0.1) is 0 Å². The standard InChI is InChI=1S/C24H18ClN3O3S/c1-2-13-30-16-9-7-15(8-10-16)22-26-24-28(27-22)23(29)21(32-24)14-17-11-12-20(31-17)18-5-3-4-6-19(18)25/h3-12,14H,2,13H2,1H3/b21-14-. The van der Waals surface area contributed by atoms with E-state index in [-0.39, 0.29) is 5.56 Å². The van der Waals surface area contributed by atoms with Gasteiger partial charge in [0, 0.05) is 17.2 Å². The minimum atomic E-state index is -0.234. The van der Waals surface area contributed by atoms with Gasteiger partial charge in [-0.2, -0.15) is 9.50 Å². The van der Waals surface area contributed by atoms with Crippen LogP contribution in [-0.4, -0.2) is 21.2 Å². The van der Waals surface area contributed by atoms with Crippen LogP contribution < -0.4 is 14.8 Å². The molecule has 160 valence electrons. The number of benzene rings is 2. The summed E-state index contributed by atoms with van der Waals surface area (Å²) >= 11 is 7.51. The molecule has 0 N–H and O–H groups in total. The highest BCUT2D eigenvalue weighted by atomic mass is 35.5. The third-order valence-corrected chi connectivity index (χ3v) is 6.10. The molecule has 5 aromatic rings. The van der Waals surface area contributed by atoms with Crippen molar-refractivity contribution in [2.45, 2.75) is 13.3 Å². The second-order valence-corrected chi connectivity index (χ2v) is 8.52. The van der Waals surface area contributed by atoms with Gasteiger partial charge < -0.3 is 9.15 Å². The van der Waals surface area contributed by atoms with Gasteiger partial charge in [0.1, 0.15) is 21.8 Å². The van der Waals surface area contributed by atoms with Crippen LogP contribution >= 0.6 is 22.9 Å². The van der Waals surface area contributed by atoms with Crippen molar-refractivity contribution in [1.82, 2.24) is 14.6 Å². The van der Waals surface area contributed by atoms with E-state index in [4.69, 9.17) is 20.8 Å². The third-order valence-electron chi connectivity index (χ3n) is 4.81.